The van der Waals surface area contributed by atoms with Gasteiger partial charge in [0.2, 0.25) is 5.91 Å². The number of hydrogen-bond acceptors (Lipinski definition) is 5. The van der Waals surface area contributed by atoms with Gasteiger partial charge in [-0.2, -0.15) is 0 Å². The van der Waals surface area contributed by atoms with Gasteiger partial charge in [-0.3, -0.25) is 19.7 Å². The maximum atomic E-state index is 12.3. The van der Waals surface area contributed by atoms with Gasteiger partial charge >= 0.3 is 0 Å². The van der Waals surface area contributed by atoms with E-state index in [2.05, 4.69) is 5.32 Å². The summed E-state index contributed by atoms with van der Waals surface area (Å²) in [6.45, 7) is 0.183. The van der Waals surface area contributed by atoms with Crippen molar-refractivity contribution in [1.82, 2.24) is 5.32 Å². The van der Waals surface area contributed by atoms with Crippen LogP contribution in [0.15, 0.2) is 18.2 Å². The van der Waals surface area contributed by atoms with Crippen LogP contribution in [0.2, 0.25) is 0 Å². The Kier molecular flexibility index (Phi) is 6.28. The molecule has 1 saturated carbocycles. The van der Waals surface area contributed by atoms with E-state index in [0.29, 0.717) is 5.75 Å². The van der Waals surface area contributed by atoms with Crippen LogP contribution in [-0.4, -0.2) is 30.3 Å². The standard InChI is InChI=1S/C17H22N2O5/c1-24-13-7-8-15(19(22)23)14(11-13)16(20)9-10-18-17(21)12-5-3-2-4-6-12/h7-8,11-12H,2-6,9-10H2,1H3,(H,18,21). The molecule has 1 N–H and O–H groups in total. The van der Waals surface area contributed by atoms with Gasteiger partial charge in [0.15, 0.2) is 5.78 Å². The van der Waals surface area contributed by atoms with Crippen LogP contribution in [0, 0.1) is 16.0 Å². The molecule has 1 aromatic carbocycles. The van der Waals surface area contributed by atoms with Crippen molar-refractivity contribution in [2.24, 2.45) is 5.92 Å². The highest BCUT2D eigenvalue weighted by Crippen LogP contribution is 2.25. The molecule has 7 nitrogen and oxygen atoms in total. The van der Waals surface area contributed by atoms with Gasteiger partial charge < -0.3 is 10.1 Å². The minimum Gasteiger partial charge on any atom is -0.497 e. The summed E-state index contributed by atoms with van der Waals surface area (Å²) < 4.78 is 5.02. The molecule has 0 aromatic heterocycles. The van der Waals surface area contributed by atoms with Crippen LogP contribution in [0.3, 0.4) is 0 Å². The zero-order chi connectivity index (χ0) is 17.5. The van der Waals surface area contributed by atoms with E-state index in [-0.39, 0.29) is 41.8 Å². The summed E-state index contributed by atoms with van der Waals surface area (Å²) in [6, 6.07) is 4.07. The summed E-state index contributed by atoms with van der Waals surface area (Å²) in [5, 5.41) is 13.8. The summed E-state index contributed by atoms with van der Waals surface area (Å²) in [6.07, 6.45) is 5.09. The third-order valence-electron chi connectivity index (χ3n) is 4.33. The molecule has 1 amide bonds. The molecule has 130 valence electrons. The number of ether oxygens (including phenoxy) is 1. The van der Waals surface area contributed by atoms with Crippen LogP contribution in [0.5, 0.6) is 5.75 Å². The molecule has 0 aliphatic heterocycles. The second-order valence-corrected chi connectivity index (χ2v) is 5.94. The Morgan fingerprint density at radius 1 is 1.29 bits per heavy atom. The number of carbonyl (C=O) groups is 2. The summed E-state index contributed by atoms with van der Waals surface area (Å²) in [7, 11) is 1.43. The van der Waals surface area contributed by atoms with Gasteiger partial charge in [-0.05, 0) is 25.0 Å². The summed E-state index contributed by atoms with van der Waals surface area (Å²) in [4.78, 5) is 34.8. The number of methoxy groups -OCH3 is 1. The van der Waals surface area contributed by atoms with Crippen molar-refractivity contribution < 1.29 is 19.2 Å². The first-order valence-electron chi connectivity index (χ1n) is 8.16. The van der Waals surface area contributed by atoms with Gasteiger partial charge in [-0.1, -0.05) is 19.3 Å². The van der Waals surface area contributed by atoms with Gasteiger partial charge in [0, 0.05) is 24.9 Å². The Bertz CT molecular complexity index is 623. The quantitative estimate of drug-likeness (QED) is 0.469. The maximum absolute atomic E-state index is 12.3. The Balaban J connectivity index is 1.94. The molecular formula is C17H22N2O5. The number of nitrogens with one attached hydrogen (secondary N) is 1. The van der Waals surface area contributed by atoms with Crippen LogP contribution in [0.25, 0.3) is 0 Å². The third-order valence-corrected chi connectivity index (χ3v) is 4.33. The largest absolute Gasteiger partial charge is 0.497 e. The highest BCUT2D eigenvalue weighted by molar-refractivity contribution is 6.00. The smallest absolute Gasteiger partial charge is 0.280 e. The van der Waals surface area contributed by atoms with E-state index in [4.69, 9.17) is 4.74 Å². The molecular weight excluding hydrogens is 312 g/mol. The van der Waals surface area contributed by atoms with E-state index in [0.717, 1.165) is 25.7 Å². The van der Waals surface area contributed by atoms with Gasteiger partial charge in [0.05, 0.1) is 17.6 Å². The average Bonchev–Trinajstić information content (AvgIpc) is 2.61. The van der Waals surface area contributed by atoms with Gasteiger partial charge in [0.1, 0.15) is 5.75 Å². The van der Waals surface area contributed by atoms with E-state index in [1.165, 1.54) is 31.7 Å². The normalized spacial score (nSPS) is 14.9. The van der Waals surface area contributed by atoms with Crippen LogP contribution < -0.4 is 10.1 Å². The molecule has 0 unspecified atom stereocenters. The number of ketones is 1. The monoisotopic (exact) mass is 334 g/mol. The summed E-state index contributed by atoms with van der Waals surface area (Å²) in [5.74, 6) is 0.00221. The number of Topliss-reactive ketones (excluding diaryl/α,β-unsaturated/α-hetero) is 1. The van der Waals surface area contributed by atoms with E-state index >= 15 is 0 Å². The number of hydrogen-bond donors (Lipinski definition) is 1. The zero-order valence-electron chi connectivity index (χ0n) is 13.7. The van der Waals surface area contributed by atoms with Gasteiger partial charge in [-0.25, -0.2) is 0 Å². The molecule has 0 spiro atoms. The SMILES string of the molecule is COc1ccc([N+](=O)[O-])c(C(=O)CCNC(=O)C2CCCCC2)c1. The highest BCUT2D eigenvalue weighted by atomic mass is 16.6. The molecule has 1 aliphatic rings. The number of nitro groups is 1. The summed E-state index contributed by atoms with van der Waals surface area (Å²) >= 11 is 0. The lowest BCUT2D eigenvalue weighted by atomic mass is 9.88. The minimum atomic E-state index is -0.590. The molecule has 1 aromatic rings. The molecule has 0 saturated heterocycles. The number of benzene rings is 1. The Hall–Kier alpha value is -2.44. The molecule has 0 bridgehead atoms. The minimum absolute atomic E-state index is 0.00580. The molecule has 24 heavy (non-hydrogen) atoms. The van der Waals surface area contributed by atoms with Gasteiger partial charge in [0.25, 0.3) is 5.69 Å². The number of nitro benzene ring substituents is 1. The molecule has 2 rings (SSSR count). The number of carbonyl (C=O) groups excluding carboxylic acids is 2. The van der Waals surface area contributed by atoms with Crippen LogP contribution in [0.4, 0.5) is 5.69 Å². The molecule has 1 fully saturated rings. The van der Waals surface area contributed by atoms with Crippen molar-refractivity contribution in [2.45, 2.75) is 38.5 Å². The Labute approximate surface area is 140 Å². The zero-order valence-corrected chi connectivity index (χ0v) is 13.7. The first-order valence-corrected chi connectivity index (χ1v) is 8.16. The number of rotatable bonds is 7. The molecule has 1 aliphatic carbocycles. The predicted molar refractivity (Wildman–Crippen MR) is 88.2 cm³/mol. The van der Waals surface area contributed by atoms with Crippen molar-refractivity contribution >= 4 is 17.4 Å². The van der Waals surface area contributed by atoms with Crippen molar-refractivity contribution in [3.8, 4) is 5.75 Å². The van der Waals surface area contributed by atoms with Crippen molar-refractivity contribution in [3.05, 3.63) is 33.9 Å². The fourth-order valence-corrected chi connectivity index (χ4v) is 2.97. The Morgan fingerprint density at radius 3 is 2.62 bits per heavy atom. The van der Waals surface area contributed by atoms with E-state index < -0.39 is 4.92 Å². The van der Waals surface area contributed by atoms with E-state index in [1.54, 1.807) is 0 Å². The molecule has 7 heteroatoms. The topological polar surface area (TPSA) is 98.5 Å². The maximum Gasteiger partial charge on any atom is 0.280 e. The predicted octanol–water partition coefficient (Wildman–Crippen LogP) is 2.87. The molecule has 0 radical (unpaired) electrons. The number of amides is 1. The first kappa shape index (κ1) is 17.9. The fraction of sp³-hybridized carbons (Fsp3) is 0.529. The summed E-state index contributed by atoms with van der Waals surface area (Å²) in [5.41, 5.74) is -0.245. The lowest BCUT2D eigenvalue weighted by Gasteiger charge is -2.20. The number of nitrogens with zero attached hydrogens (tertiary/aromatic N) is 1. The highest BCUT2D eigenvalue weighted by Gasteiger charge is 2.23. The lowest BCUT2D eigenvalue weighted by Crippen LogP contribution is -2.33. The lowest BCUT2D eigenvalue weighted by molar-refractivity contribution is -0.385. The second-order valence-electron chi connectivity index (χ2n) is 5.94. The second kappa shape index (κ2) is 8.42. The fourth-order valence-electron chi connectivity index (χ4n) is 2.97. The van der Waals surface area contributed by atoms with Crippen molar-refractivity contribution in [2.75, 3.05) is 13.7 Å². The van der Waals surface area contributed by atoms with Crippen LogP contribution in [-0.2, 0) is 4.79 Å². The van der Waals surface area contributed by atoms with Crippen LogP contribution in [0.1, 0.15) is 48.9 Å². The van der Waals surface area contributed by atoms with E-state index in [1.807, 2.05) is 0 Å². The Morgan fingerprint density at radius 2 is 2.00 bits per heavy atom. The first-order chi connectivity index (χ1) is 11.5. The third kappa shape index (κ3) is 4.53. The van der Waals surface area contributed by atoms with Gasteiger partial charge in [-0.15, -0.1) is 0 Å². The van der Waals surface area contributed by atoms with Crippen LogP contribution >= 0.6 is 0 Å². The molecule has 0 heterocycles. The van der Waals surface area contributed by atoms with E-state index in [9.17, 15) is 19.7 Å². The van der Waals surface area contributed by atoms with Crippen molar-refractivity contribution in [3.63, 3.8) is 0 Å². The average molecular weight is 334 g/mol. The molecule has 0 atom stereocenters. The van der Waals surface area contributed by atoms with Crippen molar-refractivity contribution in [1.29, 1.82) is 0 Å².